The molecule has 0 aliphatic heterocycles. The van der Waals surface area contributed by atoms with Crippen molar-refractivity contribution in [2.24, 2.45) is 5.73 Å². The smallest absolute Gasteiger partial charge is 0.267 e. The Morgan fingerprint density at radius 3 is 2.30 bits per heavy atom. The minimum Gasteiger partial charge on any atom is -0.497 e. The zero-order chi connectivity index (χ0) is 14.9. The quantitative estimate of drug-likeness (QED) is 0.932. The summed E-state index contributed by atoms with van der Waals surface area (Å²) in [5, 5.41) is 4.50. The van der Waals surface area contributed by atoms with Gasteiger partial charge in [-0.1, -0.05) is 20.8 Å². The lowest BCUT2D eigenvalue weighted by Gasteiger charge is -2.14. The molecule has 0 aliphatic rings. The van der Waals surface area contributed by atoms with Crippen LogP contribution < -0.4 is 10.5 Å². The number of carbonyl (C=O) groups excluding carboxylic acids is 1. The average molecular weight is 273 g/mol. The van der Waals surface area contributed by atoms with Crippen molar-refractivity contribution in [1.82, 2.24) is 9.78 Å². The molecule has 0 atom stereocenters. The van der Waals surface area contributed by atoms with Crippen LogP contribution >= 0.6 is 0 Å². The molecule has 5 nitrogen and oxygen atoms in total. The van der Waals surface area contributed by atoms with Gasteiger partial charge in [0, 0.05) is 5.41 Å². The maximum Gasteiger partial charge on any atom is 0.267 e. The number of nitrogens with two attached hydrogens (primary N) is 1. The number of ether oxygens (including phenoxy) is 1. The third-order valence-corrected chi connectivity index (χ3v) is 3.05. The Bertz CT molecular complexity index is 622. The Kier molecular flexibility index (Phi) is 3.53. The van der Waals surface area contributed by atoms with E-state index in [1.54, 1.807) is 17.9 Å². The SMILES string of the molecule is COc1ccc(-n2nc(C(C)(C)C)cc2C(N)=O)cc1. The molecule has 1 aromatic heterocycles. The van der Waals surface area contributed by atoms with Crippen LogP contribution in [0.1, 0.15) is 37.0 Å². The van der Waals surface area contributed by atoms with Crippen molar-refractivity contribution in [3.8, 4) is 11.4 Å². The minimum atomic E-state index is -0.496. The molecule has 1 heterocycles. The van der Waals surface area contributed by atoms with Crippen LogP contribution in [0.4, 0.5) is 0 Å². The largest absolute Gasteiger partial charge is 0.497 e. The molecule has 0 unspecified atom stereocenters. The lowest BCUT2D eigenvalue weighted by atomic mass is 9.92. The molecule has 20 heavy (non-hydrogen) atoms. The molecule has 2 N–H and O–H groups in total. The number of hydrogen-bond acceptors (Lipinski definition) is 3. The molecule has 0 fully saturated rings. The van der Waals surface area contributed by atoms with E-state index in [2.05, 4.69) is 5.10 Å². The third kappa shape index (κ3) is 2.66. The minimum absolute atomic E-state index is 0.151. The van der Waals surface area contributed by atoms with Gasteiger partial charge in [-0.25, -0.2) is 4.68 Å². The molecule has 1 aromatic carbocycles. The van der Waals surface area contributed by atoms with E-state index in [4.69, 9.17) is 10.5 Å². The van der Waals surface area contributed by atoms with Gasteiger partial charge in [0.2, 0.25) is 0 Å². The number of aromatic nitrogens is 2. The van der Waals surface area contributed by atoms with E-state index >= 15 is 0 Å². The number of amides is 1. The first kappa shape index (κ1) is 14.1. The number of nitrogens with zero attached hydrogens (tertiary/aromatic N) is 2. The van der Waals surface area contributed by atoms with Gasteiger partial charge in [-0.3, -0.25) is 4.79 Å². The van der Waals surface area contributed by atoms with Gasteiger partial charge in [-0.2, -0.15) is 5.10 Å². The van der Waals surface area contributed by atoms with Gasteiger partial charge in [0.15, 0.2) is 0 Å². The molecular formula is C15H19N3O2. The Balaban J connectivity index is 2.53. The Labute approximate surface area is 118 Å². The molecule has 0 aliphatic carbocycles. The summed E-state index contributed by atoms with van der Waals surface area (Å²) in [5.41, 5.74) is 7.26. The van der Waals surface area contributed by atoms with Crippen LogP contribution in [0.3, 0.4) is 0 Å². The van der Waals surface area contributed by atoms with Gasteiger partial charge in [0.1, 0.15) is 11.4 Å². The maximum absolute atomic E-state index is 11.6. The number of hydrogen-bond donors (Lipinski definition) is 1. The Morgan fingerprint density at radius 2 is 1.85 bits per heavy atom. The van der Waals surface area contributed by atoms with Crippen molar-refractivity contribution in [3.63, 3.8) is 0 Å². The molecule has 2 aromatic rings. The van der Waals surface area contributed by atoms with Crippen molar-refractivity contribution in [1.29, 1.82) is 0 Å². The molecule has 106 valence electrons. The predicted molar refractivity (Wildman–Crippen MR) is 77.3 cm³/mol. The van der Waals surface area contributed by atoms with Gasteiger partial charge >= 0.3 is 0 Å². The second-order valence-corrected chi connectivity index (χ2v) is 5.64. The second-order valence-electron chi connectivity index (χ2n) is 5.64. The number of methoxy groups -OCH3 is 1. The van der Waals surface area contributed by atoms with Crippen LogP contribution in [0.25, 0.3) is 5.69 Å². The first-order valence-electron chi connectivity index (χ1n) is 6.37. The monoisotopic (exact) mass is 273 g/mol. The van der Waals surface area contributed by atoms with Crippen LogP contribution in [0.5, 0.6) is 5.75 Å². The summed E-state index contributed by atoms with van der Waals surface area (Å²) in [4.78, 5) is 11.6. The maximum atomic E-state index is 11.6. The first-order valence-corrected chi connectivity index (χ1v) is 6.37. The Morgan fingerprint density at radius 1 is 1.25 bits per heavy atom. The van der Waals surface area contributed by atoms with Crippen LogP contribution in [0.15, 0.2) is 30.3 Å². The molecule has 5 heteroatoms. The summed E-state index contributed by atoms with van der Waals surface area (Å²) in [5.74, 6) is 0.251. The van der Waals surface area contributed by atoms with Crippen molar-refractivity contribution in [2.75, 3.05) is 7.11 Å². The van der Waals surface area contributed by atoms with Crippen molar-refractivity contribution >= 4 is 5.91 Å². The van der Waals surface area contributed by atoms with Crippen molar-refractivity contribution < 1.29 is 9.53 Å². The van der Waals surface area contributed by atoms with Gasteiger partial charge < -0.3 is 10.5 Å². The molecule has 1 amide bonds. The first-order chi connectivity index (χ1) is 9.32. The summed E-state index contributed by atoms with van der Waals surface area (Å²) in [6.45, 7) is 6.12. The number of benzene rings is 1. The van der Waals surface area contributed by atoms with E-state index in [0.29, 0.717) is 5.69 Å². The van der Waals surface area contributed by atoms with E-state index in [1.165, 1.54) is 0 Å². The molecule has 0 bridgehead atoms. The highest BCUT2D eigenvalue weighted by atomic mass is 16.5. The lowest BCUT2D eigenvalue weighted by molar-refractivity contribution is 0.0993. The third-order valence-electron chi connectivity index (χ3n) is 3.05. The summed E-state index contributed by atoms with van der Waals surface area (Å²) >= 11 is 0. The lowest BCUT2D eigenvalue weighted by Crippen LogP contribution is -2.16. The van der Waals surface area contributed by atoms with E-state index in [-0.39, 0.29) is 5.41 Å². The Hall–Kier alpha value is -2.30. The van der Waals surface area contributed by atoms with Crippen LogP contribution in [0, 0.1) is 0 Å². The summed E-state index contributed by atoms with van der Waals surface area (Å²) < 4.78 is 6.69. The fourth-order valence-electron chi connectivity index (χ4n) is 1.84. The van der Waals surface area contributed by atoms with Gasteiger partial charge in [0.25, 0.3) is 5.91 Å². The van der Waals surface area contributed by atoms with Crippen LogP contribution in [-0.2, 0) is 5.41 Å². The van der Waals surface area contributed by atoms with Gasteiger partial charge in [-0.05, 0) is 30.3 Å². The van der Waals surface area contributed by atoms with E-state index in [9.17, 15) is 4.79 Å². The van der Waals surface area contributed by atoms with E-state index in [1.807, 2.05) is 45.0 Å². The second kappa shape index (κ2) is 5.00. The van der Waals surface area contributed by atoms with Crippen molar-refractivity contribution in [2.45, 2.75) is 26.2 Å². The summed E-state index contributed by atoms with van der Waals surface area (Å²) in [6, 6.07) is 9.05. The van der Waals surface area contributed by atoms with Crippen LogP contribution in [-0.4, -0.2) is 22.8 Å². The van der Waals surface area contributed by atoms with Crippen molar-refractivity contribution in [3.05, 3.63) is 41.7 Å². The normalized spacial score (nSPS) is 11.4. The standard InChI is InChI=1S/C15H19N3O2/c1-15(2,3)13-9-12(14(16)19)18(17-13)10-5-7-11(20-4)8-6-10/h5-9H,1-4H3,(H2,16,19). The molecule has 0 saturated carbocycles. The topological polar surface area (TPSA) is 70.1 Å². The highest BCUT2D eigenvalue weighted by Crippen LogP contribution is 2.24. The zero-order valence-corrected chi connectivity index (χ0v) is 12.2. The molecule has 0 spiro atoms. The molecular weight excluding hydrogens is 254 g/mol. The number of rotatable bonds is 3. The predicted octanol–water partition coefficient (Wildman–Crippen LogP) is 2.28. The van der Waals surface area contributed by atoms with E-state index in [0.717, 1.165) is 17.1 Å². The molecule has 0 radical (unpaired) electrons. The highest BCUT2D eigenvalue weighted by Gasteiger charge is 2.22. The fourth-order valence-corrected chi connectivity index (χ4v) is 1.84. The average Bonchev–Trinajstić information content (AvgIpc) is 2.84. The highest BCUT2D eigenvalue weighted by molar-refractivity contribution is 5.91. The van der Waals surface area contributed by atoms with Gasteiger partial charge in [-0.15, -0.1) is 0 Å². The number of primary amides is 1. The zero-order valence-electron chi connectivity index (χ0n) is 12.2. The summed E-state index contributed by atoms with van der Waals surface area (Å²) in [6.07, 6.45) is 0. The van der Waals surface area contributed by atoms with Gasteiger partial charge in [0.05, 0.1) is 18.5 Å². The fraction of sp³-hybridized carbons (Fsp3) is 0.333. The van der Waals surface area contributed by atoms with Crippen LogP contribution in [0.2, 0.25) is 0 Å². The van der Waals surface area contributed by atoms with E-state index < -0.39 is 5.91 Å². The molecule has 2 rings (SSSR count). The number of carbonyl (C=O) groups is 1. The molecule has 0 saturated heterocycles. The summed E-state index contributed by atoms with van der Waals surface area (Å²) in [7, 11) is 1.61.